The van der Waals surface area contributed by atoms with Gasteiger partial charge in [0.15, 0.2) is 0 Å². The van der Waals surface area contributed by atoms with Crippen molar-refractivity contribution in [3.63, 3.8) is 0 Å². The minimum absolute atomic E-state index is 0.116. The Morgan fingerprint density at radius 1 is 1.53 bits per heavy atom. The van der Waals surface area contributed by atoms with E-state index < -0.39 is 10.8 Å². The maximum absolute atomic E-state index is 11.8. The zero-order valence-electron chi connectivity index (χ0n) is 10.7. The monoisotopic (exact) mass is 267 g/mol. The fourth-order valence-electron chi connectivity index (χ4n) is 1.53. The van der Waals surface area contributed by atoms with Gasteiger partial charge in [-0.1, -0.05) is 6.07 Å². The number of anilines is 1. The van der Waals surface area contributed by atoms with E-state index in [4.69, 9.17) is 10.5 Å². The number of nitrogen functional groups attached to an aromatic ring is 1. The maximum atomic E-state index is 11.8. The lowest BCUT2D eigenvalue weighted by atomic mass is 10.1. The second-order valence-corrected chi connectivity index (χ2v) is 3.80. The van der Waals surface area contributed by atoms with Crippen LogP contribution in [0.15, 0.2) is 18.2 Å². The molecule has 0 spiro atoms. The number of nitro benzene ring substituents is 1. The molecule has 1 rings (SSSR count). The molecule has 19 heavy (non-hydrogen) atoms. The van der Waals surface area contributed by atoms with E-state index in [0.29, 0.717) is 26.2 Å². The van der Waals surface area contributed by atoms with Crippen LogP contribution < -0.4 is 11.1 Å². The van der Waals surface area contributed by atoms with Crippen LogP contribution in [-0.2, 0) is 4.74 Å². The number of amides is 1. The zero-order valence-corrected chi connectivity index (χ0v) is 10.7. The van der Waals surface area contributed by atoms with E-state index in [1.54, 1.807) is 0 Å². The Labute approximate surface area is 110 Å². The van der Waals surface area contributed by atoms with Crippen molar-refractivity contribution in [2.45, 2.75) is 13.3 Å². The summed E-state index contributed by atoms with van der Waals surface area (Å²) >= 11 is 0. The van der Waals surface area contributed by atoms with Crippen molar-refractivity contribution in [1.29, 1.82) is 0 Å². The Morgan fingerprint density at radius 2 is 2.26 bits per heavy atom. The number of nitrogens with one attached hydrogen (secondary N) is 1. The summed E-state index contributed by atoms with van der Waals surface area (Å²) in [6.45, 7) is 3.51. The molecule has 0 atom stereocenters. The lowest BCUT2D eigenvalue weighted by Crippen LogP contribution is -2.26. The number of nitro groups is 1. The van der Waals surface area contributed by atoms with E-state index in [-0.39, 0.29) is 16.9 Å². The molecule has 1 aromatic rings. The first-order valence-corrected chi connectivity index (χ1v) is 5.96. The Balaban J connectivity index is 2.62. The average molecular weight is 267 g/mol. The van der Waals surface area contributed by atoms with Gasteiger partial charge in [0.2, 0.25) is 0 Å². The summed E-state index contributed by atoms with van der Waals surface area (Å²) in [5.41, 5.74) is 5.35. The average Bonchev–Trinajstić information content (AvgIpc) is 2.38. The molecule has 0 heterocycles. The van der Waals surface area contributed by atoms with E-state index in [1.807, 2.05) is 6.92 Å². The number of carbonyl (C=O) groups is 1. The minimum atomic E-state index is -0.610. The number of benzene rings is 1. The Kier molecular flexibility index (Phi) is 5.74. The first-order valence-electron chi connectivity index (χ1n) is 5.96. The predicted octanol–water partition coefficient (Wildman–Crippen LogP) is 1.33. The fourth-order valence-corrected chi connectivity index (χ4v) is 1.53. The third kappa shape index (κ3) is 4.22. The van der Waals surface area contributed by atoms with Crippen molar-refractivity contribution in [1.82, 2.24) is 5.32 Å². The van der Waals surface area contributed by atoms with Gasteiger partial charge in [-0.05, 0) is 19.4 Å². The van der Waals surface area contributed by atoms with E-state index in [9.17, 15) is 14.9 Å². The van der Waals surface area contributed by atoms with Crippen molar-refractivity contribution in [2.24, 2.45) is 0 Å². The van der Waals surface area contributed by atoms with Crippen LogP contribution in [0.3, 0.4) is 0 Å². The number of para-hydroxylation sites is 1. The Morgan fingerprint density at radius 3 is 2.89 bits per heavy atom. The molecule has 3 N–H and O–H groups in total. The van der Waals surface area contributed by atoms with Crippen LogP contribution in [0.4, 0.5) is 11.4 Å². The summed E-state index contributed by atoms with van der Waals surface area (Å²) in [7, 11) is 0. The molecule has 7 nitrogen and oxygen atoms in total. The summed E-state index contributed by atoms with van der Waals surface area (Å²) in [6, 6.07) is 4.16. The molecule has 104 valence electrons. The lowest BCUT2D eigenvalue weighted by molar-refractivity contribution is -0.383. The smallest absolute Gasteiger partial charge is 0.292 e. The fraction of sp³-hybridized carbons (Fsp3) is 0.417. The van der Waals surface area contributed by atoms with Crippen LogP contribution in [0.1, 0.15) is 23.7 Å². The lowest BCUT2D eigenvalue weighted by Gasteiger charge is -2.07. The second kappa shape index (κ2) is 7.32. The molecule has 0 aliphatic rings. The van der Waals surface area contributed by atoms with Crippen molar-refractivity contribution in [2.75, 3.05) is 25.5 Å². The van der Waals surface area contributed by atoms with Crippen LogP contribution in [0.5, 0.6) is 0 Å². The van der Waals surface area contributed by atoms with Crippen molar-refractivity contribution in [3.8, 4) is 0 Å². The van der Waals surface area contributed by atoms with Gasteiger partial charge >= 0.3 is 0 Å². The van der Waals surface area contributed by atoms with Crippen LogP contribution >= 0.6 is 0 Å². The molecule has 0 radical (unpaired) electrons. The third-order valence-electron chi connectivity index (χ3n) is 2.48. The number of carbonyl (C=O) groups excluding carboxylic acids is 1. The molecule has 0 saturated carbocycles. The Bertz CT molecular complexity index is 462. The van der Waals surface area contributed by atoms with Gasteiger partial charge in [0.05, 0.1) is 10.5 Å². The van der Waals surface area contributed by atoms with Gasteiger partial charge in [0.25, 0.3) is 11.6 Å². The van der Waals surface area contributed by atoms with Crippen molar-refractivity contribution >= 4 is 17.3 Å². The molecule has 0 bridgehead atoms. The van der Waals surface area contributed by atoms with Gasteiger partial charge in [0.1, 0.15) is 5.69 Å². The maximum Gasteiger partial charge on any atom is 0.292 e. The van der Waals surface area contributed by atoms with Gasteiger partial charge in [-0.15, -0.1) is 0 Å². The van der Waals surface area contributed by atoms with Gasteiger partial charge in [-0.2, -0.15) is 0 Å². The molecule has 0 unspecified atom stereocenters. The first-order chi connectivity index (χ1) is 9.07. The van der Waals surface area contributed by atoms with Gasteiger partial charge < -0.3 is 15.8 Å². The van der Waals surface area contributed by atoms with Crippen molar-refractivity contribution < 1.29 is 14.5 Å². The molecular formula is C12H17N3O4. The molecule has 7 heteroatoms. The summed E-state index contributed by atoms with van der Waals surface area (Å²) < 4.78 is 5.13. The number of nitrogens with zero attached hydrogens (tertiary/aromatic N) is 1. The number of hydrogen-bond donors (Lipinski definition) is 2. The summed E-state index contributed by atoms with van der Waals surface area (Å²) in [5.74, 6) is -0.419. The van der Waals surface area contributed by atoms with E-state index in [1.165, 1.54) is 18.2 Å². The molecule has 0 saturated heterocycles. The largest absolute Gasteiger partial charge is 0.393 e. The highest BCUT2D eigenvalue weighted by molar-refractivity contribution is 6.00. The molecule has 0 fully saturated rings. The minimum Gasteiger partial charge on any atom is -0.393 e. The molecule has 0 aromatic heterocycles. The Hall–Kier alpha value is -2.15. The highest BCUT2D eigenvalue weighted by atomic mass is 16.6. The number of nitrogens with two attached hydrogens (primary N) is 1. The standard InChI is InChI=1S/C12H17N3O4/c1-2-19-8-4-7-14-12(16)9-5-3-6-10(11(9)13)15(17)18/h3,5-6H,2,4,7-8,13H2,1H3,(H,14,16). The zero-order chi connectivity index (χ0) is 14.3. The predicted molar refractivity (Wildman–Crippen MR) is 71.0 cm³/mol. The van der Waals surface area contributed by atoms with Gasteiger partial charge in [-0.3, -0.25) is 14.9 Å². The van der Waals surface area contributed by atoms with Gasteiger partial charge in [0, 0.05) is 25.8 Å². The highest BCUT2D eigenvalue weighted by Crippen LogP contribution is 2.24. The summed E-state index contributed by atoms with van der Waals surface area (Å²) in [4.78, 5) is 21.9. The van der Waals surface area contributed by atoms with Crippen LogP contribution in [0.25, 0.3) is 0 Å². The van der Waals surface area contributed by atoms with Crippen LogP contribution in [-0.4, -0.2) is 30.6 Å². The summed E-state index contributed by atoms with van der Waals surface area (Å²) in [6.07, 6.45) is 0.675. The number of hydrogen-bond acceptors (Lipinski definition) is 5. The summed E-state index contributed by atoms with van der Waals surface area (Å²) in [5, 5.41) is 13.3. The number of rotatable bonds is 7. The molecular weight excluding hydrogens is 250 g/mol. The first kappa shape index (κ1) is 14.9. The molecule has 0 aliphatic heterocycles. The van der Waals surface area contributed by atoms with E-state index in [0.717, 1.165) is 0 Å². The normalized spacial score (nSPS) is 10.2. The van der Waals surface area contributed by atoms with Crippen molar-refractivity contribution in [3.05, 3.63) is 33.9 Å². The molecule has 0 aliphatic carbocycles. The van der Waals surface area contributed by atoms with Crippen LogP contribution in [0.2, 0.25) is 0 Å². The number of ether oxygens (including phenoxy) is 1. The van der Waals surface area contributed by atoms with E-state index in [2.05, 4.69) is 5.32 Å². The highest BCUT2D eigenvalue weighted by Gasteiger charge is 2.18. The molecule has 1 aromatic carbocycles. The second-order valence-electron chi connectivity index (χ2n) is 3.80. The third-order valence-corrected chi connectivity index (χ3v) is 2.48. The van der Waals surface area contributed by atoms with Gasteiger partial charge in [-0.25, -0.2) is 0 Å². The van der Waals surface area contributed by atoms with E-state index >= 15 is 0 Å². The molecule has 1 amide bonds. The quantitative estimate of drug-likeness (QED) is 0.335. The SMILES string of the molecule is CCOCCCNC(=O)c1cccc([N+](=O)[O-])c1N. The van der Waals surface area contributed by atoms with Crippen LogP contribution in [0, 0.1) is 10.1 Å². The topological polar surface area (TPSA) is 107 Å².